The lowest BCUT2D eigenvalue weighted by molar-refractivity contribution is -0.0260. The number of aliphatic imine (C=N–C) groups is 1. The Bertz CT molecular complexity index is 728. The smallest absolute Gasteiger partial charge is 0.303 e. The van der Waals surface area contributed by atoms with E-state index >= 15 is 0 Å². The van der Waals surface area contributed by atoms with Gasteiger partial charge in [0.25, 0.3) is 0 Å². The quantitative estimate of drug-likeness (QED) is 0.753. The Kier molecular flexibility index (Phi) is 2.25. The van der Waals surface area contributed by atoms with Crippen molar-refractivity contribution in [3.05, 3.63) is 42.4 Å². The van der Waals surface area contributed by atoms with Crippen molar-refractivity contribution >= 4 is 29.2 Å². The fourth-order valence-corrected chi connectivity index (χ4v) is 2.57. The van der Waals surface area contributed by atoms with E-state index in [2.05, 4.69) is 9.98 Å². The van der Waals surface area contributed by atoms with Crippen LogP contribution in [0.25, 0.3) is 5.69 Å². The molecule has 4 rings (SSSR count). The van der Waals surface area contributed by atoms with Gasteiger partial charge >= 0.3 is 5.43 Å². The molecular weight excluding hydrogens is 282 g/mol. The van der Waals surface area contributed by atoms with E-state index in [1.807, 2.05) is 28.8 Å². The number of fused-ring (bicyclic) bond motifs is 6. The van der Waals surface area contributed by atoms with Crippen LogP contribution < -0.4 is 5.01 Å². The molecule has 7 nitrogen and oxygen atoms in total. The first-order valence-electron chi connectivity index (χ1n) is 5.86. The third kappa shape index (κ3) is 1.44. The van der Waals surface area contributed by atoms with E-state index in [1.165, 1.54) is 11.5 Å². The fraction of sp³-hybridized carbons (Fsp3) is 0.0833. The largest absolute Gasteiger partial charge is 0.429 e. The van der Waals surface area contributed by atoms with Crippen LogP contribution in [0.5, 0.6) is 0 Å². The molecule has 0 spiro atoms. The zero-order valence-electron chi connectivity index (χ0n) is 10.0. The zero-order chi connectivity index (χ0) is 13.7. The van der Waals surface area contributed by atoms with Crippen LogP contribution >= 0.6 is 11.6 Å². The number of para-hydroxylation sites is 1. The summed E-state index contributed by atoms with van der Waals surface area (Å²) in [5, 5.41) is 2.92. The highest BCUT2D eigenvalue weighted by atomic mass is 35.5. The molecule has 1 aromatic heterocycles. The molecule has 2 aromatic rings. The second-order valence-electron chi connectivity index (χ2n) is 4.29. The summed E-state index contributed by atoms with van der Waals surface area (Å²) in [5.74, 6) is 0.740. The summed E-state index contributed by atoms with van der Waals surface area (Å²) in [6, 6.07) is 7.85. The predicted octanol–water partition coefficient (Wildman–Crippen LogP) is 2.24. The van der Waals surface area contributed by atoms with Gasteiger partial charge in [-0.25, -0.2) is 19.8 Å². The molecule has 1 aromatic carbocycles. The Labute approximate surface area is 118 Å². The molecule has 0 saturated heterocycles. The minimum Gasteiger partial charge on any atom is -0.303 e. The van der Waals surface area contributed by atoms with Crippen molar-refractivity contribution in [2.75, 3.05) is 5.01 Å². The third-order valence-electron chi connectivity index (χ3n) is 3.24. The Morgan fingerprint density at radius 1 is 1.35 bits per heavy atom. The number of aromatic nitrogens is 2. The zero-order valence-corrected chi connectivity index (χ0v) is 10.8. The molecule has 0 radical (unpaired) electrons. The number of anilines is 1. The number of hydrazine groups is 1. The van der Waals surface area contributed by atoms with Crippen LogP contribution in [0.15, 0.2) is 41.8 Å². The van der Waals surface area contributed by atoms with Gasteiger partial charge in [-0.2, -0.15) is 0 Å². The Morgan fingerprint density at radius 3 is 3.05 bits per heavy atom. The lowest BCUT2D eigenvalue weighted by atomic mass is 10.1. The number of benzene rings is 1. The number of rotatable bonds is 1. The Hall–Kier alpha value is -2.54. The molecule has 20 heavy (non-hydrogen) atoms. The SMILES string of the molecule is O=C(Cl)ON1C=NC2c3ccccc3-n3cncc3N21. The summed E-state index contributed by atoms with van der Waals surface area (Å²) in [6.45, 7) is 0. The lowest BCUT2D eigenvalue weighted by Gasteiger charge is -2.35. The summed E-state index contributed by atoms with van der Waals surface area (Å²) in [5.41, 5.74) is 1.06. The first-order chi connectivity index (χ1) is 9.75. The highest BCUT2D eigenvalue weighted by Crippen LogP contribution is 2.41. The number of nitrogens with zero attached hydrogens (tertiary/aromatic N) is 5. The van der Waals surface area contributed by atoms with Crippen LogP contribution in [-0.2, 0) is 4.84 Å². The van der Waals surface area contributed by atoms with E-state index in [0.717, 1.165) is 17.1 Å². The number of hydrogen-bond donors (Lipinski definition) is 0. The van der Waals surface area contributed by atoms with Crippen molar-refractivity contribution in [3.63, 3.8) is 0 Å². The second-order valence-corrected chi connectivity index (χ2v) is 4.60. The predicted molar refractivity (Wildman–Crippen MR) is 71.4 cm³/mol. The van der Waals surface area contributed by atoms with Crippen molar-refractivity contribution in [2.45, 2.75) is 6.17 Å². The van der Waals surface area contributed by atoms with Crippen molar-refractivity contribution in [1.82, 2.24) is 14.7 Å². The van der Waals surface area contributed by atoms with E-state index < -0.39 is 5.43 Å². The van der Waals surface area contributed by atoms with E-state index in [0.29, 0.717) is 0 Å². The molecule has 8 heteroatoms. The molecule has 0 fully saturated rings. The van der Waals surface area contributed by atoms with Crippen LogP contribution in [0, 0.1) is 0 Å². The number of hydrogen-bond acceptors (Lipinski definition) is 6. The normalized spacial score (nSPS) is 18.6. The highest BCUT2D eigenvalue weighted by molar-refractivity contribution is 6.61. The van der Waals surface area contributed by atoms with E-state index in [4.69, 9.17) is 16.4 Å². The van der Waals surface area contributed by atoms with Gasteiger partial charge in [0.15, 0.2) is 12.0 Å². The fourth-order valence-electron chi connectivity index (χ4n) is 2.49. The molecule has 0 N–H and O–H groups in total. The summed E-state index contributed by atoms with van der Waals surface area (Å²) >= 11 is 5.28. The van der Waals surface area contributed by atoms with Gasteiger partial charge in [-0.1, -0.05) is 23.4 Å². The van der Waals surface area contributed by atoms with Crippen LogP contribution in [0.2, 0.25) is 0 Å². The minimum absolute atomic E-state index is 0.300. The maximum atomic E-state index is 11.0. The van der Waals surface area contributed by atoms with Gasteiger partial charge in [0.1, 0.15) is 12.7 Å². The number of carbonyl (C=O) groups excluding carboxylic acids is 1. The van der Waals surface area contributed by atoms with Crippen LogP contribution in [0.1, 0.15) is 11.7 Å². The van der Waals surface area contributed by atoms with E-state index in [1.54, 1.807) is 17.5 Å². The average molecular weight is 290 g/mol. The lowest BCUT2D eigenvalue weighted by Crippen LogP contribution is -2.42. The first-order valence-corrected chi connectivity index (χ1v) is 6.24. The standard InChI is InChI=1S/C12H8ClN5O2/c13-12(19)20-17-7-15-11-8-3-1-2-4-9(8)16-6-14-5-10(16)18(11)17/h1-7,11H. The van der Waals surface area contributed by atoms with Gasteiger partial charge in [-0.05, 0) is 6.07 Å². The second kappa shape index (κ2) is 3.97. The maximum Gasteiger partial charge on any atom is 0.429 e. The minimum atomic E-state index is -0.929. The molecule has 0 amide bonds. The van der Waals surface area contributed by atoms with Gasteiger partial charge in [0.05, 0.1) is 11.9 Å². The molecule has 0 bridgehead atoms. The Balaban J connectivity index is 1.87. The summed E-state index contributed by atoms with van der Waals surface area (Å²) in [7, 11) is 0. The van der Waals surface area contributed by atoms with E-state index in [-0.39, 0.29) is 6.17 Å². The molecule has 0 saturated carbocycles. The van der Waals surface area contributed by atoms with Gasteiger partial charge < -0.3 is 4.84 Å². The van der Waals surface area contributed by atoms with Gasteiger partial charge in [0.2, 0.25) is 0 Å². The van der Waals surface area contributed by atoms with E-state index in [9.17, 15) is 4.79 Å². The monoisotopic (exact) mass is 289 g/mol. The topological polar surface area (TPSA) is 63.0 Å². The number of hydroxylamine groups is 1. The summed E-state index contributed by atoms with van der Waals surface area (Å²) in [4.78, 5) is 24.4. The molecule has 3 heterocycles. The highest BCUT2D eigenvalue weighted by Gasteiger charge is 2.39. The first kappa shape index (κ1) is 11.3. The van der Waals surface area contributed by atoms with Crippen molar-refractivity contribution in [1.29, 1.82) is 0 Å². The summed E-state index contributed by atoms with van der Waals surface area (Å²) < 4.78 is 1.90. The number of carbonyl (C=O) groups is 1. The molecule has 0 aliphatic carbocycles. The molecule has 1 unspecified atom stereocenters. The Morgan fingerprint density at radius 2 is 2.20 bits per heavy atom. The number of halogens is 1. The molecule has 2 aliphatic heterocycles. The molecule has 1 atom stereocenters. The summed E-state index contributed by atoms with van der Waals surface area (Å²) in [6.07, 6.45) is 4.49. The van der Waals surface area contributed by atoms with Gasteiger partial charge in [0, 0.05) is 17.2 Å². The van der Waals surface area contributed by atoms with Crippen molar-refractivity contribution in [3.8, 4) is 5.69 Å². The maximum absolute atomic E-state index is 11.0. The van der Waals surface area contributed by atoms with Crippen molar-refractivity contribution < 1.29 is 9.63 Å². The van der Waals surface area contributed by atoms with Crippen LogP contribution in [-0.4, -0.2) is 26.5 Å². The number of imidazole rings is 1. The van der Waals surface area contributed by atoms with Gasteiger partial charge in [-0.15, -0.1) is 0 Å². The third-order valence-corrected chi connectivity index (χ3v) is 3.31. The average Bonchev–Trinajstić information content (AvgIpc) is 3.05. The van der Waals surface area contributed by atoms with Gasteiger partial charge in [-0.3, -0.25) is 4.57 Å². The van der Waals surface area contributed by atoms with Crippen molar-refractivity contribution in [2.24, 2.45) is 4.99 Å². The van der Waals surface area contributed by atoms with Crippen LogP contribution in [0.4, 0.5) is 10.6 Å². The molecular formula is C12H8ClN5O2. The molecule has 100 valence electrons. The van der Waals surface area contributed by atoms with Crippen LogP contribution in [0.3, 0.4) is 0 Å². The molecule has 2 aliphatic rings.